The van der Waals surface area contributed by atoms with Gasteiger partial charge in [-0.3, -0.25) is 0 Å². The van der Waals surface area contributed by atoms with Crippen molar-refractivity contribution >= 4 is 36.2 Å². The molecule has 1 saturated carbocycles. The summed E-state index contributed by atoms with van der Waals surface area (Å²) in [6.07, 6.45) is 5.28. The summed E-state index contributed by atoms with van der Waals surface area (Å²) in [6.45, 7) is 14.4. The Labute approximate surface area is 232 Å². The van der Waals surface area contributed by atoms with E-state index in [1.165, 1.54) is 70.0 Å². The van der Waals surface area contributed by atoms with Crippen LogP contribution < -0.4 is 21.5 Å². The van der Waals surface area contributed by atoms with Crippen LogP contribution in [0.5, 0.6) is 0 Å². The molecular weight excluding hydrogens is 474 g/mol. The fraction of sp³-hybridized carbons (Fsp3) is 0.333. The first-order valence-electron chi connectivity index (χ1n) is 14.4. The van der Waals surface area contributed by atoms with E-state index >= 15 is 0 Å². The second-order valence-corrected chi connectivity index (χ2v) is 14.0. The predicted molar refractivity (Wildman–Crippen MR) is 171 cm³/mol. The van der Waals surface area contributed by atoms with E-state index in [2.05, 4.69) is 126 Å². The molecule has 2 atom stereocenters. The van der Waals surface area contributed by atoms with Crippen molar-refractivity contribution in [3.63, 3.8) is 0 Å². The van der Waals surface area contributed by atoms with Crippen LogP contribution in [-0.4, -0.2) is 12.4 Å². The SMILES string of the molecule is Cc1cc(C)c(P(c2c(C)cc(C)cc2C)C2CCCCC2B(c2ccccc2)c2ccccc2)c(C)c1. The molecule has 0 bridgehead atoms. The van der Waals surface area contributed by atoms with Crippen LogP contribution in [-0.2, 0) is 0 Å². The molecule has 0 aliphatic heterocycles. The Bertz CT molecular complexity index is 1250. The average molecular weight is 517 g/mol. The molecule has 0 heterocycles. The summed E-state index contributed by atoms with van der Waals surface area (Å²) in [4.78, 5) is 0. The average Bonchev–Trinajstić information content (AvgIpc) is 2.88. The molecule has 0 saturated heterocycles. The molecule has 0 nitrogen and oxygen atoms in total. The van der Waals surface area contributed by atoms with Gasteiger partial charge in [-0.1, -0.05) is 126 Å². The summed E-state index contributed by atoms with van der Waals surface area (Å²) in [5.41, 5.74) is 12.3. The third kappa shape index (κ3) is 5.41. The normalized spacial score (nSPS) is 17.6. The van der Waals surface area contributed by atoms with Crippen molar-refractivity contribution in [3.05, 3.63) is 118 Å². The Morgan fingerprint density at radius 2 is 0.947 bits per heavy atom. The zero-order valence-corrected chi connectivity index (χ0v) is 25.0. The van der Waals surface area contributed by atoms with Gasteiger partial charge in [0.1, 0.15) is 0 Å². The van der Waals surface area contributed by atoms with Crippen LogP contribution in [0.4, 0.5) is 0 Å². The van der Waals surface area contributed by atoms with Crippen LogP contribution >= 0.6 is 7.92 Å². The van der Waals surface area contributed by atoms with Crippen LogP contribution in [0, 0.1) is 41.5 Å². The largest absolute Gasteiger partial charge is 0.213 e. The van der Waals surface area contributed by atoms with Crippen LogP contribution in [0.25, 0.3) is 0 Å². The highest BCUT2D eigenvalue weighted by Gasteiger charge is 2.42. The third-order valence-corrected chi connectivity index (χ3v) is 12.3. The summed E-state index contributed by atoms with van der Waals surface area (Å²) in [7, 11) is -0.530. The first-order valence-corrected chi connectivity index (χ1v) is 15.8. The molecule has 2 heteroatoms. The predicted octanol–water partition coefficient (Wildman–Crippen LogP) is 7.59. The van der Waals surface area contributed by atoms with E-state index in [0.29, 0.717) is 18.2 Å². The summed E-state index contributed by atoms with van der Waals surface area (Å²) in [6, 6.07) is 32.5. The monoisotopic (exact) mass is 516 g/mol. The lowest BCUT2D eigenvalue weighted by Crippen LogP contribution is -2.51. The fourth-order valence-electron chi connectivity index (χ4n) is 7.41. The smallest absolute Gasteiger partial charge is 0.0739 e. The number of aryl methyl sites for hydroxylation is 6. The van der Waals surface area contributed by atoms with Crippen molar-refractivity contribution in [1.29, 1.82) is 0 Å². The highest BCUT2D eigenvalue weighted by Crippen LogP contribution is 2.54. The molecule has 4 aromatic carbocycles. The van der Waals surface area contributed by atoms with Gasteiger partial charge in [0.25, 0.3) is 0 Å². The third-order valence-electron chi connectivity index (χ3n) is 8.61. The molecule has 0 aromatic heterocycles. The van der Waals surface area contributed by atoms with E-state index in [4.69, 9.17) is 0 Å². The molecule has 1 aliphatic rings. The highest BCUT2D eigenvalue weighted by atomic mass is 31.1. The lowest BCUT2D eigenvalue weighted by atomic mass is 9.31. The topological polar surface area (TPSA) is 0 Å². The minimum atomic E-state index is -0.530. The maximum atomic E-state index is 2.43. The molecule has 0 radical (unpaired) electrons. The quantitative estimate of drug-likeness (QED) is 0.183. The van der Waals surface area contributed by atoms with Crippen LogP contribution in [0.2, 0.25) is 5.82 Å². The van der Waals surface area contributed by atoms with Gasteiger partial charge in [0, 0.05) is 0 Å². The van der Waals surface area contributed by atoms with Crippen LogP contribution in [0.15, 0.2) is 84.9 Å². The number of rotatable bonds is 6. The number of benzene rings is 4. The van der Waals surface area contributed by atoms with Gasteiger partial charge in [0.15, 0.2) is 0 Å². The molecule has 2 unspecified atom stereocenters. The van der Waals surface area contributed by atoms with Crippen LogP contribution in [0.3, 0.4) is 0 Å². The van der Waals surface area contributed by atoms with Crippen molar-refractivity contribution in [3.8, 4) is 0 Å². The van der Waals surface area contributed by atoms with Crippen molar-refractivity contribution in [2.24, 2.45) is 0 Å². The molecule has 0 amide bonds. The van der Waals surface area contributed by atoms with E-state index in [1.54, 1.807) is 10.6 Å². The molecule has 1 aliphatic carbocycles. The second kappa shape index (κ2) is 11.6. The van der Waals surface area contributed by atoms with E-state index < -0.39 is 7.92 Å². The van der Waals surface area contributed by atoms with Gasteiger partial charge in [-0.05, 0) is 100 Å². The molecule has 194 valence electrons. The molecule has 1 fully saturated rings. The first kappa shape index (κ1) is 27.0. The van der Waals surface area contributed by atoms with E-state index in [-0.39, 0.29) is 0 Å². The van der Waals surface area contributed by atoms with Gasteiger partial charge in [-0.15, -0.1) is 0 Å². The Balaban J connectivity index is 1.74. The van der Waals surface area contributed by atoms with Crippen molar-refractivity contribution in [1.82, 2.24) is 0 Å². The van der Waals surface area contributed by atoms with Gasteiger partial charge < -0.3 is 0 Å². The summed E-state index contributed by atoms with van der Waals surface area (Å²) in [5, 5.41) is 3.27. The standard InChI is InChI=1S/C36H42BP/c1-25-21-27(3)35(28(4)22-25)38(36-29(5)23-26(2)24-30(36)6)34-20-14-13-19-33(34)37(31-15-9-7-10-16-31)32-17-11-8-12-18-32/h7-12,15-18,21-24,33-34H,13-14,19-20H2,1-6H3. The van der Waals surface area contributed by atoms with Gasteiger partial charge in [-0.25, -0.2) is 0 Å². The van der Waals surface area contributed by atoms with Crippen molar-refractivity contribution in [2.75, 3.05) is 0 Å². The Morgan fingerprint density at radius 3 is 1.37 bits per heavy atom. The van der Waals surface area contributed by atoms with E-state index in [9.17, 15) is 0 Å². The Hall–Kier alpha value is -2.63. The Morgan fingerprint density at radius 1 is 0.553 bits per heavy atom. The number of hydrogen-bond donors (Lipinski definition) is 0. The van der Waals surface area contributed by atoms with Gasteiger partial charge in [-0.2, -0.15) is 0 Å². The van der Waals surface area contributed by atoms with Crippen molar-refractivity contribution < 1.29 is 0 Å². The summed E-state index contributed by atoms with van der Waals surface area (Å²) < 4.78 is 0. The van der Waals surface area contributed by atoms with Gasteiger partial charge in [0.2, 0.25) is 6.71 Å². The summed E-state index contributed by atoms with van der Waals surface area (Å²) >= 11 is 0. The van der Waals surface area contributed by atoms with E-state index in [0.717, 1.165) is 0 Å². The lowest BCUT2D eigenvalue weighted by molar-refractivity contribution is 0.508. The molecule has 5 rings (SSSR count). The zero-order valence-electron chi connectivity index (χ0n) is 24.1. The number of hydrogen-bond acceptors (Lipinski definition) is 0. The zero-order chi connectivity index (χ0) is 26.8. The maximum Gasteiger partial charge on any atom is 0.213 e. The Kier molecular flexibility index (Phi) is 8.25. The molecular formula is C36H42BP. The van der Waals surface area contributed by atoms with Crippen molar-refractivity contribution in [2.45, 2.75) is 78.7 Å². The molecule has 4 aromatic rings. The lowest BCUT2D eigenvalue weighted by Gasteiger charge is -2.43. The minimum absolute atomic E-state index is 0.421. The highest BCUT2D eigenvalue weighted by molar-refractivity contribution is 7.74. The second-order valence-electron chi connectivity index (χ2n) is 11.7. The van der Waals surface area contributed by atoms with E-state index in [1.807, 2.05) is 0 Å². The van der Waals surface area contributed by atoms with Gasteiger partial charge >= 0.3 is 0 Å². The fourth-order valence-corrected chi connectivity index (χ4v) is 11.2. The first-order chi connectivity index (χ1) is 18.3. The molecule has 0 spiro atoms. The molecule has 38 heavy (non-hydrogen) atoms. The minimum Gasteiger partial charge on any atom is -0.0739 e. The van der Waals surface area contributed by atoms with Crippen LogP contribution in [0.1, 0.15) is 59.1 Å². The van der Waals surface area contributed by atoms with Gasteiger partial charge in [0.05, 0.1) is 0 Å². The maximum absolute atomic E-state index is 2.43. The molecule has 0 N–H and O–H groups in total. The summed E-state index contributed by atoms with van der Waals surface area (Å²) in [5.74, 6) is 0.611.